The number of aromatic nitrogens is 3. The van der Waals surface area contributed by atoms with Gasteiger partial charge in [0.15, 0.2) is 5.65 Å². The summed E-state index contributed by atoms with van der Waals surface area (Å²) in [5.74, 6) is 0. The van der Waals surface area contributed by atoms with Crippen LogP contribution in [0.4, 0.5) is 16.2 Å². The second-order valence-electron chi connectivity index (χ2n) is 6.60. The molecule has 4 rings (SSSR count). The molecule has 0 bridgehead atoms. The zero-order valence-electron chi connectivity index (χ0n) is 15.4. The Morgan fingerprint density at radius 3 is 2.67 bits per heavy atom. The minimum atomic E-state index is -4.08. The first kappa shape index (κ1) is 19.6. The topological polar surface area (TPSA) is 161 Å². The maximum absolute atomic E-state index is 12.9. The van der Waals surface area contributed by atoms with Crippen molar-refractivity contribution in [1.29, 1.82) is 0 Å². The summed E-state index contributed by atoms with van der Waals surface area (Å²) in [5, 5.41) is 27.8. The number of pyridine rings is 1. The van der Waals surface area contributed by atoms with Gasteiger partial charge in [-0.05, 0) is 25.0 Å². The third-order valence-electron chi connectivity index (χ3n) is 4.82. The quantitative estimate of drug-likeness (QED) is 0.454. The number of nitrogens with zero attached hydrogens (tertiary/aromatic N) is 5. The van der Waals surface area contributed by atoms with Crippen molar-refractivity contribution >= 4 is 38.5 Å². The molecule has 2 N–H and O–H groups in total. The smallest absolute Gasteiger partial charge is 0.408 e. The minimum Gasteiger partial charge on any atom is -0.465 e. The fraction of sp³-hybridized carbons (Fsp3) is 0.235. The van der Waals surface area contributed by atoms with E-state index in [4.69, 9.17) is 0 Å². The van der Waals surface area contributed by atoms with Gasteiger partial charge in [0.05, 0.1) is 21.4 Å². The van der Waals surface area contributed by atoms with Crippen LogP contribution in [0.3, 0.4) is 0 Å². The number of fused-ring (bicyclic) bond motifs is 1. The van der Waals surface area contributed by atoms with Crippen molar-refractivity contribution in [2.75, 3.05) is 11.9 Å². The molecular weight excluding hydrogens is 416 g/mol. The van der Waals surface area contributed by atoms with E-state index in [0.29, 0.717) is 16.9 Å². The fourth-order valence-electron chi connectivity index (χ4n) is 3.42. The molecule has 1 atom stereocenters. The Morgan fingerprint density at radius 2 is 2.00 bits per heavy atom. The molecule has 3 heterocycles. The zero-order valence-corrected chi connectivity index (χ0v) is 16.2. The molecule has 1 fully saturated rings. The molecule has 1 unspecified atom stereocenters. The molecule has 2 aromatic heterocycles. The summed E-state index contributed by atoms with van der Waals surface area (Å²) in [6.07, 6.45) is 1.29. The average molecular weight is 432 g/mol. The number of rotatable bonds is 5. The number of likely N-dealkylation sites (tertiary alicyclic amines) is 1. The molecule has 1 aliphatic heterocycles. The Bertz CT molecular complexity index is 1240. The standard InChI is InChI=1S/C17H16N6O6S/c24-17(25)21-8-4-7-14(21)20-15-12-9-19-22(16(12)18-10-13(15)23(26)27)30(28,29)11-5-2-1-3-6-11/h1-3,5-6,9-10,14H,4,7-8H2,(H,18,20)(H,24,25). The van der Waals surface area contributed by atoms with Gasteiger partial charge in [-0.25, -0.2) is 9.78 Å². The molecule has 12 nitrogen and oxygen atoms in total. The number of nitro groups is 1. The monoisotopic (exact) mass is 432 g/mol. The SMILES string of the molecule is O=C(O)N1CCCC1Nc1c([N+](=O)[O-])cnc2c1cnn2S(=O)(=O)c1ccccc1. The van der Waals surface area contributed by atoms with Crippen LogP contribution in [0.1, 0.15) is 12.8 Å². The Kier molecular flexibility index (Phi) is 4.73. The van der Waals surface area contributed by atoms with Crippen LogP contribution in [0.2, 0.25) is 0 Å². The van der Waals surface area contributed by atoms with Gasteiger partial charge in [-0.3, -0.25) is 15.0 Å². The third-order valence-corrected chi connectivity index (χ3v) is 6.41. The maximum Gasteiger partial charge on any atom is 0.408 e. The highest BCUT2D eigenvalue weighted by Crippen LogP contribution is 2.34. The Morgan fingerprint density at radius 1 is 1.27 bits per heavy atom. The van der Waals surface area contributed by atoms with Gasteiger partial charge in [0.1, 0.15) is 18.1 Å². The van der Waals surface area contributed by atoms with E-state index >= 15 is 0 Å². The molecule has 3 aromatic rings. The van der Waals surface area contributed by atoms with E-state index in [1.54, 1.807) is 18.2 Å². The van der Waals surface area contributed by atoms with Crippen LogP contribution >= 0.6 is 0 Å². The number of amides is 1. The van der Waals surface area contributed by atoms with E-state index in [2.05, 4.69) is 15.4 Å². The summed E-state index contributed by atoms with van der Waals surface area (Å²) in [4.78, 5) is 27.4. The lowest BCUT2D eigenvalue weighted by molar-refractivity contribution is -0.384. The van der Waals surface area contributed by atoms with Crippen LogP contribution in [0.5, 0.6) is 0 Å². The predicted octanol–water partition coefficient (Wildman–Crippen LogP) is 2.09. The summed E-state index contributed by atoms with van der Waals surface area (Å²) in [7, 11) is -4.08. The summed E-state index contributed by atoms with van der Waals surface area (Å²) < 4.78 is 26.6. The van der Waals surface area contributed by atoms with Gasteiger partial charge in [-0.1, -0.05) is 18.2 Å². The Balaban J connectivity index is 1.85. The lowest BCUT2D eigenvalue weighted by Gasteiger charge is -2.23. The van der Waals surface area contributed by atoms with Crippen molar-refractivity contribution in [1.82, 2.24) is 19.1 Å². The van der Waals surface area contributed by atoms with Crippen molar-refractivity contribution in [3.63, 3.8) is 0 Å². The lowest BCUT2D eigenvalue weighted by Crippen LogP contribution is -2.39. The van der Waals surface area contributed by atoms with Gasteiger partial charge in [0, 0.05) is 6.54 Å². The first-order chi connectivity index (χ1) is 14.3. The van der Waals surface area contributed by atoms with Gasteiger partial charge in [0.25, 0.3) is 10.0 Å². The third kappa shape index (κ3) is 3.18. The fourth-order valence-corrected chi connectivity index (χ4v) is 4.66. The van der Waals surface area contributed by atoms with Crippen LogP contribution in [-0.2, 0) is 10.0 Å². The second-order valence-corrected chi connectivity index (χ2v) is 8.36. The van der Waals surface area contributed by atoms with E-state index in [9.17, 15) is 28.4 Å². The van der Waals surface area contributed by atoms with Crippen molar-refractivity contribution < 1.29 is 23.2 Å². The van der Waals surface area contributed by atoms with E-state index in [1.165, 1.54) is 12.1 Å². The number of benzene rings is 1. The minimum absolute atomic E-state index is 0.0162. The molecule has 1 saturated heterocycles. The molecule has 1 amide bonds. The van der Waals surface area contributed by atoms with Gasteiger partial charge in [-0.15, -0.1) is 4.09 Å². The summed E-state index contributed by atoms with van der Waals surface area (Å²) >= 11 is 0. The largest absolute Gasteiger partial charge is 0.465 e. The van der Waals surface area contributed by atoms with Crippen LogP contribution in [-0.4, -0.2) is 56.3 Å². The zero-order chi connectivity index (χ0) is 21.5. The normalized spacial score (nSPS) is 16.7. The van der Waals surface area contributed by atoms with Crippen LogP contribution in [0.15, 0.2) is 47.6 Å². The molecule has 156 valence electrons. The number of hydrogen-bond acceptors (Lipinski definition) is 8. The molecule has 0 radical (unpaired) electrons. The summed E-state index contributed by atoms with van der Waals surface area (Å²) in [6, 6.07) is 7.59. The molecule has 0 saturated carbocycles. The van der Waals surface area contributed by atoms with Crippen LogP contribution in [0, 0.1) is 10.1 Å². The maximum atomic E-state index is 12.9. The van der Waals surface area contributed by atoms with Gasteiger partial charge in [0.2, 0.25) is 0 Å². The first-order valence-electron chi connectivity index (χ1n) is 8.88. The molecule has 0 aliphatic carbocycles. The molecule has 30 heavy (non-hydrogen) atoms. The highest BCUT2D eigenvalue weighted by molar-refractivity contribution is 7.90. The number of anilines is 1. The molecule has 1 aromatic carbocycles. The van der Waals surface area contributed by atoms with E-state index in [-0.39, 0.29) is 28.2 Å². The van der Waals surface area contributed by atoms with Gasteiger partial charge in [-0.2, -0.15) is 13.5 Å². The van der Waals surface area contributed by atoms with E-state index in [0.717, 1.165) is 17.3 Å². The highest BCUT2D eigenvalue weighted by atomic mass is 32.2. The highest BCUT2D eigenvalue weighted by Gasteiger charge is 2.32. The second kappa shape index (κ2) is 7.26. The first-order valence-corrected chi connectivity index (χ1v) is 10.3. The Labute approximate surface area is 169 Å². The molecule has 1 aliphatic rings. The van der Waals surface area contributed by atoms with E-state index in [1.807, 2.05) is 0 Å². The summed E-state index contributed by atoms with van der Waals surface area (Å²) in [5.41, 5.74) is -0.541. The lowest BCUT2D eigenvalue weighted by atomic mass is 10.2. The number of carbonyl (C=O) groups is 1. The van der Waals surface area contributed by atoms with Crippen molar-refractivity contribution in [2.45, 2.75) is 23.9 Å². The van der Waals surface area contributed by atoms with E-state index < -0.39 is 32.9 Å². The molecular formula is C17H16N6O6S. The van der Waals surface area contributed by atoms with Gasteiger partial charge >= 0.3 is 11.8 Å². The summed E-state index contributed by atoms with van der Waals surface area (Å²) in [6.45, 7) is 0.288. The number of hydrogen-bond donors (Lipinski definition) is 2. The van der Waals surface area contributed by atoms with Crippen LogP contribution in [0.25, 0.3) is 11.0 Å². The van der Waals surface area contributed by atoms with Gasteiger partial charge < -0.3 is 10.4 Å². The average Bonchev–Trinajstić information content (AvgIpc) is 3.36. The molecule has 0 spiro atoms. The molecule has 13 heteroatoms. The van der Waals surface area contributed by atoms with Crippen molar-refractivity contribution in [3.05, 3.63) is 52.8 Å². The number of nitrogens with one attached hydrogen (secondary N) is 1. The van der Waals surface area contributed by atoms with Crippen molar-refractivity contribution in [2.24, 2.45) is 0 Å². The Hall–Kier alpha value is -3.74. The predicted molar refractivity (Wildman–Crippen MR) is 105 cm³/mol. The van der Waals surface area contributed by atoms with Crippen molar-refractivity contribution in [3.8, 4) is 0 Å². The number of carboxylic acid groups (broad SMARTS) is 1. The van der Waals surface area contributed by atoms with Crippen LogP contribution < -0.4 is 5.32 Å².